The van der Waals surface area contributed by atoms with E-state index in [1.54, 1.807) is 0 Å². The van der Waals surface area contributed by atoms with Gasteiger partial charge in [-0.05, 0) is 10.4 Å². The Labute approximate surface area is 132 Å². The Hall–Kier alpha value is -0.290. The molecule has 11 nitrogen and oxygen atoms in total. The number of hydrogen-bond acceptors (Lipinski definition) is 6. The summed E-state index contributed by atoms with van der Waals surface area (Å²) in [6.45, 7) is 0. The third-order valence-electron chi connectivity index (χ3n) is 0.226. The first kappa shape index (κ1) is 36.1. The Morgan fingerprint density at radius 2 is 1.39 bits per heavy atom. The molecule has 0 saturated heterocycles. The second-order valence-electron chi connectivity index (χ2n) is 1.09. The zero-order chi connectivity index (χ0) is 15.3. The van der Waals surface area contributed by atoms with Gasteiger partial charge in [0.25, 0.3) is 8.05 Å². The van der Waals surface area contributed by atoms with Gasteiger partial charge in [0, 0.05) is 0 Å². The summed E-state index contributed by atoms with van der Waals surface area (Å²) in [7, 11) is 12.6. The topological polar surface area (TPSA) is 197 Å². The fraction of sp³-hybridized carbons (Fsp3) is 1.00. The summed E-state index contributed by atoms with van der Waals surface area (Å²) in [5, 5.41) is 8.92. The molecule has 0 aromatic heterocycles. The molecule has 0 rings (SSSR count). The molecular weight excluding hydrogens is 272 g/mol. The van der Waals surface area contributed by atoms with Gasteiger partial charge in [0.2, 0.25) is 10.1 Å². The van der Waals surface area contributed by atoms with Gasteiger partial charge in [0.15, 0.2) is 16.0 Å². The van der Waals surface area contributed by atoms with Crippen LogP contribution in [0.4, 0.5) is 0 Å². The van der Waals surface area contributed by atoms with Crippen molar-refractivity contribution >= 4 is 42.2 Å². The van der Waals surface area contributed by atoms with Crippen molar-refractivity contribution in [1.82, 2.24) is 0 Å². The van der Waals surface area contributed by atoms with E-state index >= 15 is 0 Å². The molecule has 0 spiro atoms. The Kier molecular flexibility index (Phi) is 87.6. The monoisotopic (exact) mass is 279 g/mol. The number of rotatable bonds is 1. The fourth-order valence-electron chi connectivity index (χ4n) is 0. The van der Waals surface area contributed by atoms with E-state index in [2.05, 4.69) is 51.7 Å². The molecule has 0 amide bonds. The molecular formula is CH6B4N7NaO4S. The number of hydrogen-bond donors (Lipinski definition) is 2. The smallest absolute Gasteiger partial charge is 0.461 e. The molecule has 0 aliphatic rings. The normalized spacial score (nSPS) is 5.72. The maximum absolute atomic E-state index is 9.65. The first-order chi connectivity index (χ1) is 7.89. The van der Waals surface area contributed by atoms with Gasteiger partial charge in [-0.1, -0.05) is 0 Å². The van der Waals surface area contributed by atoms with Gasteiger partial charge >= 0.3 is 37.6 Å². The third-order valence-corrected chi connectivity index (χ3v) is 0.576. The van der Waals surface area contributed by atoms with Crippen molar-refractivity contribution in [3.63, 3.8) is 0 Å². The zero-order valence-electron chi connectivity index (χ0n) is 9.65. The van der Waals surface area contributed by atoms with Crippen LogP contribution in [0.15, 0.2) is 5.03 Å². The molecule has 88 valence electrons. The van der Waals surface area contributed by atoms with Gasteiger partial charge in [0.1, 0.15) is 0 Å². The van der Waals surface area contributed by atoms with Gasteiger partial charge in [-0.3, -0.25) is 4.91 Å². The van der Waals surface area contributed by atoms with Gasteiger partial charge in [0.05, 0.1) is 6.26 Å². The summed E-state index contributed by atoms with van der Waals surface area (Å²) in [6.07, 6.45) is 0.868. The Bertz CT molecular complexity index is 288. The van der Waals surface area contributed by atoms with Gasteiger partial charge in [-0.25, -0.2) is 8.42 Å². The maximum Gasteiger partial charge on any atom is 1.00 e. The molecule has 0 fully saturated rings. The van der Waals surface area contributed by atoms with E-state index in [4.69, 9.17) is 21.6 Å². The Morgan fingerprint density at radius 3 is 1.39 bits per heavy atom. The first-order valence-corrected chi connectivity index (χ1v) is 4.61. The standard InChI is InChI=1S/CH3BO3S.BN3.BH2N.BHO.N3.Na/c1-6(3,4)5-2;1-3-4-2;2*1-2;1-3-2;/h1H3;;2H2;2H;;/q;;;;-1;+1. The Balaban J connectivity index is -0.0000000267. The van der Waals surface area contributed by atoms with Crippen LogP contribution in [-0.4, -0.2) is 51.8 Å². The molecule has 18 heavy (non-hydrogen) atoms. The van der Waals surface area contributed by atoms with E-state index < -0.39 is 10.1 Å². The Morgan fingerprint density at radius 1 is 1.28 bits per heavy atom. The van der Waals surface area contributed by atoms with Crippen molar-refractivity contribution in [3.8, 4) is 0 Å². The molecule has 0 aromatic rings. The average molecular weight is 278 g/mol. The minimum atomic E-state index is -3.38. The first-order valence-electron chi connectivity index (χ1n) is 2.79. The fourth-order valence-corrected chi connectivity index (χ4v) is 0. The van der Waals surface area contributed by atoms with Crippen LogP contribution in [0, 0.1) is 0 Å². The summed E-state index contributed by atoms with van der Waals surface area (Å²) in [5.41, 5.74) is 24.7. The largest absolute Gasteiger partial charge is 1.00 e. The molecule has 0 heterocycles. The summed E-state index contributed by atoms with van der Waals surface area (Å²) < 4.78 is 22.7. The van der Waals surface area contributed by atoms with E-state index in [0.717, 1.165) is 6.26 Å². The summed E-state index contributed by atoms with van der Waals surface area (Å²) >= 11 is 0. The van der Waals surface area contributed by atoms with Crippen LogP contribution in [0.5, 0.6) is 0 Å². The molecule has 3 N–H and O–H groups in total. The van der Waals surface area contributed by atoms with E-state index in [0.29, 0.717) is 0 Å². The van der Waals surface area contributed by atoms with Crippen LogP contribution in [-0.2, 0) is 14.2 Å². The van der Waals surface area contributed by atoms with E-state index in [-0.39, 0.29) is 29.6 Å². The average Bonchev–Trinajstić information content (AvgIpc) is 2.34. The molecule has 0 aromatic carbocycles. The van der Waals surface area contributed by atoms with Crippen LogP contribution >= 0.6 is 0 Å². The number of nitrogens with two attached hydrogens (primary N) is 1. The molecule has 17 heteroatoms. The van der Waals surface area contributed by atoms with Gasteiger partial charge in [-0.2, -0.15) is 5.03 Å². The van der Waals surface area contributed by atoms with E-state index in [1.165, 1.54) is 4.91 Å². The second-order valence-corrected chi connectivity index (χ2v) is 2.70. The minimum absolute atomic E-state index is 0. The van der Waals surface area contributed by atoms with Crippen molar-refractivity contribution in [2.75, 3.05) is 6.26 Å². The summed E-state index contributed by atoms with van der Waals surface area (Å²) in [6, 6.07) is 0. The minimum Gasteiger partial charge on any atom is -0.461 e. The second kappa shape index (κ2) is 43.7. The van der Waals surface area contributed by atoms with Crippen LogP contribution < -0.4 is 35.2 Å². The van der Waals surface area contributed by atoms with Crippen LogP contribution in [0.2, 0.25) is 0 Å². The number of nitrogens with zero attached hydrogens (tertiary/aromatic N) is 6. The SMILES string of the molecule is [B]N.[B]N=[N+]=[N-].[B]O.[B]OS(C)(=O)=O.[N-]=[N+]=[N-].[Na+]. The van der Waals surface area contributed by atoms with Crippen molar-refractivity contribution in [2.45, 2.75) is 0 Å². The van der Waals surface area contributed by atoms with Crippen molar-refractivity contribution in [3.05, 3.63) is 26.4 Å². The predicted molar refractivity (Wildman–Crippen MR) is 64.6 cm³/mol. The van der Waals surface area contributed by atoms with E-state index in [9.17, 15) is 8.42 Å². The van der Waals surface area contributed by atoms with E-state index in [1.807, 2.05) is 0 Å². The van der Waals surface area contributed by atoms with Crippen molar-refractivity contribution in [1.29, 1.82) is 0 Å². The molecule has 0 bridgehead atoms. The number of azide groups is 1. The predicted octanol–water partition coefficient (Wildman–Crippen LogP) is -4.61. The van der Waals surface area contributed by atoms with Gasteiger partial charge < -0.3 is 25.8 Å². The van der Waals surface area contributed by atoms with Crippen molar-refractivity contribution < 1.29 is 47.1 Å². The third kappa shape index (κ3) is 247. The van der Waals surface area contributed by atoms with Crippen LogP contribution in [0.25, 0.3) is 26.4 Å². The van der Waals surface area contributed by atoms with Crippen molar-refractivity contribution in [2.24, 2.45) is 10.7 Å². The van der Waals surface area contributed by atoms with Crippen LogP contribution in [0.3, 0.4) is 0 Å². The molecule has 0 saturated carbocycles. The summed E-state index contributed by atoms with van der Waals surface area (Å²) in [5.74, 6) is 0. The summed E-state index contributed by atoms with van der Waals surface area (Å²) in [4.78, 5) is 3.64. The molecule has 8 radical (unpaired) electrons. The molecule has 0 aliphatic heterocycles. The molecule has 0 aliphatic carbocycles. The van der Waals surface area contributed by atoms with Crippen LogP contribution in [0.1, 0.15) is 0 Å². The zero-order valence-corrected chi connectivity index (χ0v) is 12.5. The molecule has 0 unspecified atom stereocenters. The van der Waals surface area contributed by atoms with Gasteiger partial charge in [-0.15, -0.1) is 0 Å². The maximum atomic E-state index is 9.65. The quantitative estimate of drug-likeness (QED) is 0.210. The molecule has 0 atom stereocenters.